The van der Waals surface area contributed by atoms with Crippen LogP contribution in [0, 0.1) is 0 Å². The van der Waals surface area contributed by atoms with Crippen molar-refractivity contribution < 1.29 is 0 Å². The minimum atomic E-state index is 0.0960. The van der Waals surface area contributed by atoms with Crippen LogP contribution in [0.1, 0.15) is 39.3 Å². The lowest BCUT2D eigenvalue weighted by Crippen LogP contribution is -2.38. The Hall–Kier alpha value is -1.20. The monoisotopic (exact) mass is 291 g/mol. The summed E-state index contributed by atoms with van der Waals surface area (Å²) >= 11 is 0. The van der Waals surface area contributed by atoms with Crippen LogP contribution in [0.2, 0.25) is 0 Å². The predicted octanol–water partition coefficient (Wildman–Crippen LogP) is 1.90. The van der Waals surface area contributed by atoms with Crippen LogP contribution in [0.3, 0.4) is 0 Å². The van der Waals surface area contributed by atoms with Crippen molar-refractivity contribution in [3.8, 4) is 0 Å². The number of anilines is 1. The molecule has 1 N–H and O–H groups in total. The molecule has 2 heterocycles. The molecule has 1 aliphatic rings. The van der Waals surface area contributed by atoms with Crippen LogP contribution in [-0.4, -0.2) is 53.6 Å². The zero-order valence-corrected chi connectivity index (χ0v) is 14.1. The number of rotatable bonds is 5. The molecule has 0 aromatic carbocycles. The van der Waals surface area contributed by atoms with E-state index in [1.54, 1.807) is 0 Å². The molecule has 0 saturated carbocycles. The highest BCUT2D eigenvalue weighted by Crippen LogP contribution is 2.23. The molecule has 1 aromatic heterocycles. The van der Waals surface area contributed by atoms with Gasteiger partial charge in [0.2, 0.25) is 0 Å². The fourth-order valence-corrected chi connectivity index (χ4v) is 2.72. The maximum atomic E-state index is 4.80. The Balaban J connectivity index is 2.06. The van der Waals surface area contributed by atoms with Crippen LogP contribution in [0.15, 0.2) is 12.4 Å². The molecule has 21 heavy (non-hydrogen) atoms. The number of hydrogen-bond acceptors (Lipinski definition) is 5. The Bertz CT molecular complexity index is 452. The molecule has 1 aromatic rings. The van der Waals surface area contributed by atoms with Gasteiger partial charge in [-0.25, -0.2) is 4.98 Å². The van der Waals surface area contributed by atoms with Crippen molar-refractivity contribution >= 4 is 5.82 Å². The van der Waals surface area contributed by atoms with E-state index in [9.17, 15) is 0 Å². The standard InChI is InChI=1S/C16H29N5/c1-16(2,3)18-10-13-9-17-11-15(19-13)21-8-6-7-14(21)12-20(4)5/h9,11,14,18H,6-8,10,12H2,1-5H3. The van der Waals surface area contributed by atoms with Gasteiger partial charge in [0.1, 0.15) is 5.82 Å². The van der Waals surface area contributed by atoms with E-state index in [1.165, 1.54) is 12.8 Å². The van der Waals surface area contributed by atoms with Gasteiger partial charge in [0, 0.05) is 37.4 Å². The summed E-state index contributed by atoms with van der Waals surface area (Å²) in [7, 11) is 4.26. The van der Waals surface area contributed by atoms with Gasteiger partial charge >= 0.3 is 0 Å². The maximum absolute atomic E-state index is 4.80. The molecule has 5 heteroatoms. The molecular weight excluding hydrogens is 262 g/mol. The first-order valence-corrected chi connectivity index (χ1v) is 7.82. The third kappa shape index (κ3) is 4.93. The normalized spacial score (nSPS) is 19.5. The smallest absolute Gasteiger partial charge is 0.147 e. The van der Waals surface area contributed by atoms with Gasteiger partial charge in [-0.2, -0.15) is 0 Å². The van der Waals surface area contributed by atoms with Crippen molar-refractivity contribution in [1.29, 1.82) is 0 Å². The van der Waals surface area contributed by atoms with Gasteiger partial charge < -0.3 is 15.1 Å². The molecule has 2 rings (SSSR count). The van der Waals surface area contributed by atoms with Gasteiger partial charge in [-0.05, 0) is 47.7 Å². The number of hydrogen-bond donors (Lipinski definition) is 1. The van der Waals surface area contributed by atoms with Gasteiger partial charge in [-0.15, -0.1) is 0 Å². The molecule has 0 amide bonds. The van der Waals surface area contributed by atoms with E-state index in [0.717, 1.165) is 31.1 Å². The SMILES string of the molecule is CN(C)CC1CCCN1c1cncc(CNC(C)(C)C)n1. The van der Waals surface area contributed by atoms with Crippen LogP contribution in [0.25, 0.3) is 0 Å². The van der Waals surface area contributed by atoms with Gasteiger partial charge in [0.25, 0.3) is 0 Å². The lowest BCUT2D eigenvalue weighted by molar-refractivity contribution is 0.371. The van der Waals surface area contributed by atoms with E-state index in [-0.39, 0.29) is 5.54 Å². The van der Waals surface area contributed by atoms with Crippen LogP contribution in [-0.2, 0) is 6.54 Å². The highest BCUT2D eigenvalue weighted by Gasteiger charge is 2.26. The molecular formula is C16H29N5. The fourth-order valence-electron chi connectivity index (χ4n) is 2.72. The second-order valence-corrected chi connectivity index (χ2v) is 7.22. The van der Waals surface area contributed by atoms with Gasteiger partial charge in [-0.1, -0.05) is 0 Å². The summed E-state index contributed by atoms with van der Waals surface area (Å²) in [6.45, 7) is 9.42. The largest absolute Gasteiger partial charge is 0.351 e. The van der Waals surface area contributed by atoms with E-state index in [2.05, 4.69) is 55.0 Å². The van der Waals surface area contributed by atoms with Gasteiger partial charge in [0.15, 0.2) is 0 Å². The zero-order valence-electron chi connectivity index (χ0n) is 14.1. The number of nitrogens with one attached hydrogen (secondary N) is 1. The van der Waals surface area contributed by atoms with Crippen molar-refractivity contribution in [2.45, 2.75) is 51.7 Å². The van der Waals surface area contributed by atoms with Gasteiger partial charge in [0.05, 0.1) is 11.9 Å². The Kier molecular flexibility index (Phi) is 5.17. The average molecular weight is 291 g/mol. The lowest BCUT2D eigenvalue weighted by Gasteiger charge is -2.28. The molecule has 1 atom stereocenters. The van der Waals surface area contributed by atoms with Crippen molar-refractivity contribution in [1.82, 2.24) is 20.2 Å². The number of nitrogens with zero attached hydrogens (tertiary/aromatic N) is 4. The Morgan fingerprint density at radius 1 is 1.33 bits per heavy atom. The molecule has 0 spiro atoms. The first-order valence-electron chi connectivity index (χ1n) is 7.82. The second kappa shape index (κ2) is 6.71. The highest BCUT2D eigenvalue weighted by atomic mass is 15.3. The van der Waals surface area contributed by atoms with Crippen molar-refractivity contribution in [2.24, 2.45) is 0 Å². The van der Waals surface area contributed by atoms with Crippen LogP contribution in [0.4, 0.5) is 5.82 Å². The third-order valence-electron chi connectivity index (χ3n) is 3.72. The second-order valence-electron chi connectivity index (χ2n) is 7.22. The molecule has 1 fully saturated rings. The molecule has 0 aliphatic carbocycles. The van der Waals surface area contributed by atoms with Crippen molar-refractivity contribution in [2.75, 3.05) is 32.1 Å². The summed E-state index contributed by atoms with van der Waals surface area (Å²) < 4.78 is 0. The number of aromatic nitrogens is 2. The summed E-state index contributed by atoms with van der Waals surface area (Å²) in [5.74, 6) is 1.02. The zero-order chi connectivity index (χ0) is 15.5. The highest BCUT2D eigenvalue weighted by molar-refractivity contribution is 5.39. The molecule has 0 bridgehead atoms. The first-order chi connectivity index (χ1) is 9.85. The van der Waals surface area contributed by atoms with Crippen LogP contribution in [0.5, 0.6) is 0 Å². The summed E-state index contributed by atoms with van der Waals surface area (Å²) in [5, 5.41) is 3.47. The van der Waals surface area contributed by atoms with Crippen molar-refractivity contribution in [3.05, 3.63) is 18.1 Å². The lowest BCUT2D eigenvalue weighted by atomic mass is 10.1. The number of likely N-dealkylation sites (N-methyl/N-ethyl adjacent to an activating group) is 1. The molecule has 118 valence electrons. The third-order valence-corrected chi connectivity index (χ3v) is 3.72. The summed E-state index contributed by atoms with van der Waals surface area (Å²) in [4.78, 5) is 13.8. The van der Waals surface area contributed by atoms with Crippen molar-refractivity contribution in [3.63, 3.8) is 0 Å². The van der Waals surface area contributed by atoms with E-state index in [0.29, 0.717) is 6.04 Å². The average Bonchev–Trinajstić information content (AvgIpc) is 2.83. The minimum Gasteiger partial charge on any atom is -0.351 e. The summed E-state index contributed by atoms with van der Waals surface area (Å²) in [6, 6.07) is 0.556. The van der Waals surface area contributed by atoms with E-state index < -0.39 is 0 Å². The molecule has 1 unspecified atom stereocenters. The minimum absolute atomic E-state index is 0.0960. The summed E-state index contributed by atoms with van der Waals surface area (Å²) in [6.07, 6.45) is 6.24. The molecule has 1 aliphatic heterocycles. The Morgan fingerprint density at radius 2 is 2.10 bits per heavy atom. The van der Waals surface area contributed by atoms with E-state index in [1.807, 2.05) is 12.4 Å². The fraction of sp³-hybridized carbons (Fsp3) is 0.750. The summed E-state index contributed by atoms with van der Waals surface area (Å²) in [5.41, 5.74) is 1.11. The quantitative estimate of drug-likeness (QED) is 0.897. The Morgan fingerprint density at radius 3 is 2.76 bits per heavy atom. The van der Waals surface area contributed by atoms with E-state index >= 15 is 0 Å². The topological polar surface area (TPSA) is 44.3 Å². The predicted molar refractivity (Wildman–Crippen MR) is 87.5 cm³/mol. The van der Waals surface area contributed by atoms with E-state index in [4.69, 9.17) is 4.98 Å². The molecule has 5 nitrogen and oxygen atoms in total. The molecule has 0 radical (unpaired) electrons. The maximum Gasteiger partial charge on any atom is 0.147 e. The van der Waals surface area contributed by atoms with Crippen LogP contribution >= 0.6 is 0 Å². The van der Waals surface area contributed by atoms with Gasteiger partial charge in [-0.3, -0.25) is 4.98 Å². The first kappa shape index (κ1) is 16.2. The molecule has 1 saturated heterocycles. The van der Waals surface area contributed by atoms with Crippen LogP contribution < -0.4 is 10.2 Å². The Labute approximate surface area is 128 Å².